The molecule has 0 aliphatic heterocycles. The van der Waals surface area contributed by atoms with Gasteiger partial charge in [-0.15, -0.1) is 0 Å². The Bertz CT molecular complexity index is 417. The second-order valence-corrected chi connectivity index (χ2v) is 4.74. The number of nitrogens with zero attached hydrogens (tertiary/aromatic N) is 1. The molecule has 4 nitrogen and oxygen atoms in total. The number of carboxylic acid groups (broad SMARTS) is 1. The van der Waals surface area contributed by atoms with Crippen LogP contribution in [0.5, 0.6) is 0 Å². The summed E-state index contributed by atoms with van der Waals surface area (Å²) in [6.07, 6.45) is -0.535. The molecule has 1 unspecified atom stereocenters. The highest BCUT2D eigenvalue weighted by molar-refractivity contribution is 6.30. The van der Waals surface area contributed by atoms with Gasteiger partial charge in [-0.3, -0.25) is 0 Å². The van der Waals surface area contributed by atoms with E-state index in [2.05, 4.69) is 0 Å². The number of hydrogen-bond donors (Lipinski definition) is 0. The Morgan fingerprint density at radius 3 is 2.33 bits per heavy atom. The van der Waals surface area contributed by atoms with Gasteiger partial charge in [0.1, 0.15) is 12.4 Å². The van der Waals surface area contributed by atoms with Crippen molar-refractivity contribution in [3.05, 3.63) is 34.9 Å². The van der Waals surface area contributed by atoms with Gasteiger partial charge in [-0.2, -0.15) is 0 Å². The third-order valence-electron chi connectivity index (χ3n) is 2.71. The molecule has 1 atom stereocenters. The van der Waals surface area contributed by atoms with Crippen molar-refractivity contribution in [2.75, 3.05) is 6.54 Å². The van der Waals surface area contributed by atoms with Crippen LogP contribution >= 0.6 is 11.6 Å². The van der Waals surface area contributed by atoms with Gasteiger partial charge >= 0.3 is 0 Å². The van der Waals surface area contributed by atoms with Crippen LogP contribution in [0.15, 0.2) is 24.3 Å². The van der Waals surface area contributed by atoms with Gasteiger partial charge in [0.25, 0.3) is 0 Å². The maximum absolute atomic E-state index is 11.1. The first-order chi connectivity index (χ1) is 8.45. The van der Waals surface area contributed by atoms with Gasteiger partial charge in [0.15, 0.2) is 0 Å². The van der Waals surface area contributed by atoms with Crippen molar-refractivity contribution in [2.45, 2.75) is 25.8 Å². The minimum absolute atomic E-state index is 0.0884. The van der Waals surface area contributed by atoms with Crippen LogP contribution in [0.2, 0.25) is 5.02 Å². The maximum Gasteiger partial charge on any atom is 0.137 e. The van der Waals surface area contributed by atoms with E-state index in [1.54, 1.807) is 38.1 Å². The van der Waals surface area contributed by atoms with E-state index >= 15 is 0 Å². The molecule has 0 fully saturated rings. The molecule has 1 amide bonds. The number of aldehydes is 1. The molecule has 0 saturated carbocycles. The molecule has 1 aromatic rings. The maximum atomic E-state index is 11.1. The van der Waals surface area contributed by atoms with Gasteiger partial charge in [-0.25, -0.2) is 0 Å². The molecular weight excluding hydrogens is 254 g/mol. The molecule has 98 valence electrons. The lowest BCUT2D eigenvalue weighted by Gasteiger charge is -2.31. The molecule has 0 aromatic heterocycles. The lowest BCUT2D eigenvalue weighted by Crippen LogP contribution is -2.47. The number of rotatable bonds is 5. The quantitative estimate of drug-likeness (QED) is 0.764. The highest BCUT2D eigenvalue weighted by atomic mass is 35.5. The first-order valence-electron chi connectivity index (χ1n) is 5.64. The van der Waals surface area contributed by atoms with Gasteiger partial charge < -0.3 is 19.6 Å². The molecule has 0 N–H and O–H groups in total. The zero-order valence-corrected chi connectivity index (χ0v) is 11.1. The predicted octanol–water partition coefficient (Wildman–Crippen LogP) is 1.68. The predicted molar refractivity (Wildman–Crippen MR) is 67.5 cm³/mol. The van der Waals surface area contributed by atoms with E-state index in [1.807, 2.05) is 0 Å². The Kier molecular flexibility index (Phi) is 5.16. The molecule has 5 heteroatoms. The molecule has 0 saturated heterocycles. The van der Waals surface area contributed by atoms with Crippen LogP contribution in [-0.4, -0.2) is 29.9 Å². The normalized spacial score (nSPS) is 12.2. The zero-order valence-electron chi connectivity index (χ0n) is 10.3. The van der Waals surface area contributed by atoms with Crippen molar-refractivity contribution in [1.29, 1.82) is 0 Å². The Labute approximate surface area is 111 Å². The second kappa shape index (κ2) is 6.40. The van der Waals surface area contributed by atoms with Gasteiger partial charge in [0.05, 0.1) is 5.92 Å². The number of amides is 1. The second-order valence-electron chi connectivity index (χ2n) is 4.31. The summed E-state index contributed by atoms with van der Waals surface area (Å²) in [6.45, 7) is 3.56. The third-order valence-corrected chi connectivity index (χ3v) is 2.97. The van der Waals surface area contributed by atoms with E-state index < -0.39 is 12.0 Å². The molecule has 1 aromatic carbocycles. The molecule has 0 heterocycles. The first-order valence-corrected chi connectivity index (χ1v) is 6.02. The van der Waals surface area contributed by atoms with Crippen molar-refractivity contribution in [2.24, 2.45) is 0 Å². The highest BCUT2D eigenvalue weighted by Crippen LogP contribution is 2.19. The summed E-state index contributed by atoms with van der Waals surface area (Å²) in [7, 11) is 0. The average Bonchev–Trinajstić information content (AvgIpc) is 2.31. The van der Waals surface area contributed by atoms with E-state index in [0.29, 0.717) is 5.02 Å². The summed E-state index contributed by atoms with van der Waals surface area (Å²) in [4.78, 5) is 23.2. The molecule has 18 heavy (non-hydrogen) atoms. The van der Waals surface area contributed by atoms with E-state index in [0.717, 1.165) is 16.7 Å². The van der Waals surface area contributed by atoms with Gasteiger partial charge in [0, 0.05) is 17.6 Å². The first kappa shape index (κ1) is 14.5. The van der Waals surface area contributed by atoms with Crippen LogP contribution in [0, 0.1) is 0 Å². The number of hydrogen-bond acceptors (Lipinski definition) is 3. The topological polar surface area (TPSA) is 60.4 Å². The van der Waals surface area contributed by atoms with Gasteiger partial charge in [-0.05, 0) is 31.5 Å². The van der Waals surface area contributed by atoms with Crippen LogP contribution in [0.3, 0.4) is 0 Å². The van der Waals surface area contributed by atoms with Gasteiger partial charge in [-0.1, -0.05) is 23.7 Å². The number of carbonyl (C=O) groups is 2. The number of carbonyl (C=O) groups excluding carboxylic acids is 2. The molecule has 1 rings (SSSR count). The summed E-state index contributed by atoms with van der Waals surface area (Å²) in [5.74, 6) is -0.512. The largest absolute Gasteiger partial charge is 0.530 e. The summed E-state index contributed by atoms with van der Waals surface area (Å²) in [5.41, 5.74) is 0.737. The standard InChI is InChI=1S/C13H16ClNO3/c1-9(2)15(13(17)18)7-11(8-16)10-3-5-12(14)6-4-10/h3-6,8-9,11H,7H2,1-2H3,(H,17,18)/p-1. The fourth-order valence-corrected chi connectivity index (χ4v) is 1.77. The Hall–Kier alpha value is -1.55. The van der Waals surface area contributed by atoms with Crippen molar-refractivity contribution in [3.63, 3.8) is 0 Å². The molecule has 0 aliphatic carbocycles. The van der Waals surface area contributed by atoms with E-state index in [-0.39, 0.29) is 12.6 Å². The van der Waals surface area contributed by atoms with Gasteiger partial charge in [0.2, 0.25) is 0 Å². The summed E-state index contributed by atoms with van der Waals surface area (Å²) in [5, 5.41) is 11.5. The minimum atomic E-state index is -1.27. The molecule has 0 spiro atoms. The zero-order chi connectivity index (χ0) is 13.7. The Morgan fingerprint density at radius 1 is 1.39 bits per heavy atom. The SMILES string of the molecule is CC(C)N(CC(C=O)c1ccc(Cl)cc1)C(=O)[O-]. The lowest BCUT2D eigenvalue weighted by molar-refractivity contribution is -0.267. The van der Waals surface area contributed by atoms with Crippen molar-refractivity contribution < 1.29 is 14.7 Å². The van der Waals surface area contributed by atoms with Crippen LogP contribution in [0.4, 0.5) is 4.79 Å². The van der Waals surface area contributed by atoms with Crippen LogP contribution < -0.4 is 5.11 Å². The van der Waals surface area contributed by atoms with E-state index in [4.69, 9.17) is 11.6 Å². The highest BCUT2D eigenvalue weighted by Gasteiger charge is 2.17. The Morgan fingerprint density at radius 2 is 1.94 bits per heavy atom. The fourth-order valence-electron chi connectivity index (χ4n) is 1.65. The molecular formula is C13H15ClNO3-. The minimum Gasteiger partial charge on any atom is -0.530 e. The van der Waals surface area contributed by atoms with Crippen molar-refractivity contribution in [3.8, 4) is 0 Å². The molecule has 0 aliphatic rings. The monoisotopic (exact) mass is 268 g/mol. The van der Waals surface area contributed by atoms with Crippen molar-refractivity contribution >= 4 is 24.0 Å². The smallest absolute Gasteiger partial charge is 0.137 e. The van der Waals surface area contributed by atoms with Crippen LogP contribution in [0.25, 0.3) is 0 Å². The van der Waals surface area contributed by atoms with E-state index in [1.165, 1.54) is 0 Å². The average molecular weight is 269 g/mol. The summed E-state index contributed by atoms with van der Waals surface area (Å²) >= 11 is 5.76. The van der Waals surface area contributed by atoms with Crippen LogP contribution in [0.1, 0.15) is 25.3 Å². The Balaban J connectivity index is 2.87. The van der Waals surface area contributed by atoms with E-state index in [9.17, 15) is 14.7 Å². The lowest BCUT2D eigenvalue weighted by atomic mass is 10.00. The van der Waals surface area contributed by atoms with Crippen LogP contribution in [-0.2, 0) is 4.79 Å². The number of halogens is 1. The summed E-state index contributed by atoms with van der Waals surface area (Å²) in [6, 6.07) is 6.55. The third kappa shape index (κ3) is 3.74. The summed E-state index contributed by atoms with van der Waals surface area (Å²) < 4.78 is 0. The molecule has 0 bridgehead atoms. The van der Waals surface area contributed by atoms with Crippen molar-refractivity contribution in [1.82, 2.24) is 4.90 Å². The molecule has 0 radical (unpaired) electrons. The number of benzene rings is 1. The fraction of sp³-hybridized carbons (Fsp3) is 0.385.